The Balaban J connectivity index is 1.50. The van der Waals surface area contributed by atoms with Crippen molar-refractivity contribution in [2.75, 3.05) is 33.4 Å². The molecule has 0 radical (unpaired) electrons. The standard InChI is InChI=1S/C23H26N4O5S/c1-17-24-9-10-27(17)19-5-3-18(4-6-19)16-25-33(29,30)20-7-8-22(31-2)21(15-20)23(28)26-11-13-32-14-12-26/h3-10,15,25H,11-14,16H2,1-2H3. The molecule has 0 spiro atoms. The molecule has 10 heteroatoms. The molecule has 1 saturated heterocycles. The monoisotopic (exact) mass is 470 g/mol. The maximum Gasteiger partial charge on any atom is 0.257 e. The molecule has 0 atom stereocenters. The normalized spacial score (nSPS) is 14.3. The summed E-state index contributed by atoms with van der Waals surface area (Å²) in [5, 5.41) is 0. The van der Waals surface area contributed by atoms with Gasteiger partial charge in [0.25, 0.3) is 5.91 Å². The zero-order chi connectivity index (χ0) is 23.4. The van der Waals surface area contributed by atoms with Crippen LogP contribution in [0.4, 0.5) is 0 Å². The quantitative estimate of drug-likeness (QED) is 0.568. The summed E-state index contributed by atoms with van der Waals surface area (Å²) in [5.74, 6) is 0.916. The fourth-order valence-corrected chi connectivity index (χ4v) is 4.69. The SMILES string of the molecule is COc1ccc(S(=O)(=O)NCc2ccc(-n3ccnc3C)cc2)cc1C(=O)N1CCOCC1. The van der Waals surface area contributed by atoms with Crippen molar-refractivity contribution in [3.8, 4) is 11.4 Å². The van der Waals surface area contributed by atoms with Gasteiger partial charge in [-0.3, -0.25) is 4.79 Å². The first-order valence-corrected chi connectivity index (χ1v) is 12.0. The summed E-state index contributed by atoms with van der Waals surface area (Å²) < 4.78 is 41.0. The molecule has 0 aliphatic carbocycles. The first kappa shape index (κ1) is 23.0. The number of rotatable bonds is 7. The number of aryl methyl sites for hydroxylation is 1. The molecule has 1 aromatic heterocycles. The van der Waals surface area contributed by atoms with Crippen molar-refractivity contribution >= 4 is 15.9 Å². The van der Waals surface area contributed by atoms with Gasteiger partial charge in [-0.2, -0.15) is 0 Å². The van der Waals surface area contributed by atoms with Crippen molar-refractivity contribution in [2.45, 2.75) is 18.4 Å². The Morgan fingerprint density at radius 1 is 1.15 bits per heavy atom. The molecule has 9 nitrogen and oxygen atoms in total. The predicted molar refractivity (Wildman–Crippen MR) is 122 cm³/mol. The Labute approximate surface area is 193 Å². The zero-order valence-corrected chi connectivity index (χ0v) is 19.3. The van der Waals surface area contributed by atoms with Crippen LogP contribution >= 0.6 is 0 Å². The van der Waals surface area contributed by atoms with Crippen molar-refractivity contribution in [1.29, 1.82) is 0 Å². The van der Waals surface area contributed by atoms with Crippen LogP contribution in [-0.2, 0) is 21.3 Å². The summed E-state index contributed by atoms with van der Waals surface area (Å²) in [6.45, 7) is 3.83. The minimum Gasteiger partial charge on any atom is -0.496 e. The lowest BCUT2D eigenvalue weighted by Crippen LogP contribution is -2.40. The van der Waals surface area contributed by atoms with E-state index < -0.39 is 10.0 Å². The van der Waals surface area contributed by atoms with E-state index >= 15 is 0 Å². The summed E-state index contributed by atoms with van der Waals surface area (Å²) in [6, 6.07) is 11.8. The second kappa shape index (κ2) is 9.74. The van der Waals surface area contributed by atoms with Gasteiger partial charge < -0.3 is 18.9 Å². The van der Waals surface area contributed by atoms with Crippen molar-refractivity contribution in [3.63, 3.8) is 0 Å². The van der Waals surface area contributed by atoms with Crippen LogP contribution < -0.4 is 9.46 Å². The number of carbonyl (C=O) groups is 1. The molecule has 0 unspecified atom stereocenters. The number of aromatic nitrogens is 2. The van der Waals surface area contributed by atoms with Crippen LogP contribution in [-0.4, -0.2) is 62.2 Å². The molecule has 4 rings (SSSR count). The number of imidazole rings is 1. The van der Waals surface area contributed by atoms with Gasteiger partial charge in [0.15, 0.2) is 0 Å². The molecule has 2 aromatic carbocycles. The highest BCUT2D eigenvalue weighted by Crippen LogP contribution is 2.24. The van der Waals surface area contributed by atoms with Gasteiger partial charge in [0, 0.05) is 37.7 Å². The first-order chi connectivity index (χ1) is 15.9. The first-order valence-electron chi connectivity index (χ1n) is 10.5. The molecule has 0 bridgehead atoms. The molecule has 3 aromatic rings. The average molecular weight is 471 g/mol. The third-order valence-electron chi connectivity index (χ3n) is 5.52. The summed E-state index contributed by atoms with van der Waals surface area (Å²) in [7, 11) is -2.40. The fourth-order valence-electron chi connectivity index (χ4n) is 3.65. The number of hydrogen-bond donors (Lipinski definition) is 1. The maximum atomic E-state index is 13.0. The molecule has 2 heterocycles. The molecule has 1 aliphatic heterocycles. The van der Waals surface area contributed by atoms with Gasteiger partial charge in [0.2, 0.25) is 10.0 Å². The molecule has 174 valence electrons. The van der Waals surface area contributed by atoms with Gasteiger partial charge in [0.1, 0.15) is 11.6 Å². The van der Waals surface area contributed by atoms with Crippen LogP contribution in [0.25, 0.3) is 5.69 Å². The van der Waals surface area contributed by atoms with E-state index in [1.807, 2.05) is 42.0 Å². The number of nitrogens with zero attached hydrogens (tertiary/aromatic N) is 3. The highest BCUT2D eigenvalue weighted by Gasteiger charge is 2.24. The van der Waals surface area contributed by atoms with Crippen LogP contribution in [0, 0.1) is 6.92 Å². The van der Waals surface area contributed by atoms with Crippen LogP contribution in [0.3, 0.4) is 0 Å². The average Bonchev–Trinajstić information content (AvgIpc) is 3.28. The van der Waals surface area contributed by atoms with Crippen LogP contribution in [0.15, 0.2) is 59.8 Å². The highest BCUT2D eigenvalue weighted by molar-refractivity contribution is 7.89. The number of carbonyl (C=O) groups excluding carboxylic acids is 1. The molecule has 1 aliphatic rings. The predicted octanol–water partition coefficient (Wildman–Crippen LogP) is 2.14. The molecule has 0 saturated carbocycles. The van der Waals surface area contributed by atoms with Gasteiger partial charge in [0.05, 0.1) is 30.8 Å². The zero-order valence-electron chi connectivity index (χ0n) is 18.5. The molecule has 1 N–H and O–H groups in total. The minimum atomic E-state index is -3.85. The summed E-state index contributed by atoms with van der Waals surface area (Å²) >= 11 is 0. The lowest BCUT2D eigenvalue weighted by molar-refractivity contribution is 0.0300. The van der Waals surface area contributed by atoms with Crippen molar-refractivity contribution < 1.29 is 22.7 Å². The number of sulfonamides is 1. The second-order valence-electron chi connectivity index (χ2n) is 7.60. The van der Waals surface area contributed by atoms with E-state index in [0.717, 1.165) is 17.1 Å². The third kappa shape index (κ3) is 5.08. The number of nitrogens with one attached hydrogen (secondary N) is 1. The van der Waals surface area contributed by atoms with E-state index in [9.17, 15) is 13.2 Å². The lowest BCUT2D eigenvalue weighted by Gasteiger charge is -2.27. The van der Waals surface area contributed by atoms with Gasteiger partial charge in [-0.25, -0.2) is 18.1 Å². The van der Waals surface area contributed by atoms with Crippen molar-refractivity contribution in [3.05, 3.63) is 71.8 Å². The Morgan fingerprint density at radius 2 is 1.88 bits per heavy atom. The van der Waals surface area contributed by atoms with E-state index in [1.54, 1.807) is 11.1 Å². The largest absolute Gasteiger partial charge is 0.496 e. The summed E-state index contributed by atoms with van der Waals surface area (Å²) in [6.07, 6.45) is 3.59. The fraction of sp³-hybridized carbons (Fsp3) is 0.304. The van der Waals surface area contributed by atoms with E-state index in [4.69, 9.17) is 9.47 Å². The Hall–Kier alpha value is -3.21. The lowest BCUT2D eigenvalue weighted by atomic mass is 10.1. The topological polar surface area (TPSA) is 103 Å². The van der Waals surface area contributed by atoms with Gasteiger partial charge in [-0.1, -0.05) is 12.1 Å². The smallest absolute Gasteiger partial charge is 0.257 e. The number of ether oxygens (including phenoxy) is 2. The van der Waals surface area contributed by atoms with E-state index in [-0.39, 0.29) is 22.9 Å². The highest BCUT2D eigenvalue weighted by atomic mass is 32.2. The summed E-state index contributed by atoms with van der Waals surface area (Å²) in [5.41, 5.74) is 1.96. The van der Waals surface area contributed by atoms with Crippen LogP contribution in [0.2, 0.25) is 0 Å². The van der Waals surface area contributed by atoms with Crippen molar-refractivity contribution in [2.24, 2.45) is 0 Å². The molecular formula is C23H26N4O5S. The number of amides is 1. The Bertz CT molecular complexity index is 1230. The van der Waals surface area contributed by atoms with E-state index in [1.165, 1.54) is 25.3 Å². The number of hydrogen-bond acceptors (Lipinski definition) is 6. The van der Waals surface area contributed by atoms with Crippen LogP contribution in [0.1, 0.15) is 21.7 Å². The number of morpholine rings is 1. The minimum absolute atomic E-state index is 0.00516. The van der Waals surface area contributed by atoms with E-state index in [0.29, 0.717) is 32.1 Å². The molecule has 1 fully saturated rings. The maximum absolute atomic E-state index is 13.0. The van der Waals surface area contributed by atoms with Gasteiger partial charge in [-0.15, -0.1) is 0 Å². The third-order valence-corrected chi connectivity index (χ3v) is 6.92. The number of methoxy groups -OCH3 is 1. The second-order valence-corrected chi connectivity index (χ2v) is 9.37. The Morgan fingerprint density at radius 3 is 2.52 bits per heavy atom. The summed E-state index contributed by atoms with van der Waals surface area (Å²) in [4.78, 5) is 18.8. The van der Waals surface area contributed by atoms with Gasteiger partial charge in [-0.05, 0) is 42.8 Å². The van der Waals surface area contributed by atoms with E-state index in [2.05, 4.69) is 9.71 Å². The van der Waals surface area contributed by atoms with Crippen molar-refractivity contribution in [1.82, 2.24) is 19.2 Å². The number of benzene rings is 2. The van der Waals surface area contributed by atoms with Crippen LogP contribution in [0.5, 0.6) is 5.75 Å². The Kier molecular flexibility index (Phi) is 6.77. The molecule has 1 amide bonds. The molecule has 33 heavy (non-hydrogen) atoms. The van der Waals surface area contributed by atoms with Gasteiger partial charge >= 0.3 is 0 Å². The molecular weight excluding hydrogens is 444 g/mol.